The highest BCUT2D eigenvalue weighted by molar-refractivity contribution is 5.93. The molecule has 0 unspecified atom stereocenters. The molecule has 0 spiro atoms. The minimum absolute atomic E-state index is 0.00514. The fourth-order valence-electron chi connectivity index (χ4n) is 4.94. The molecule has 0 radical (unpaired) electrons. The van der Waals surface area contributed by atoms with Crippen LogP contribution in [0.3, 0.4) is 0 Å². The standard InChI is InChI=1S/C30H27FN8O4/c1-37(2)28(41)17-6-7-25(33-13-17)35-24-12-23(36-38(3)29(24)42)20-8-9-32-27(21(20)15-40)39-30(43)26-19(14-34-39)10-18(11-22(26)31)16-4-5-16/h6-14,16,40H,4-5,15H2,1-3H3,(H,33,35). The van der Waals surface area contributed by atoms with Crippen molar-refractivity contribution in [2.75, 3.05) is 19.4 Å². The van der Waals surface area contributed by atoms with Crippen LogP contribution in [0, 0.1) is 5.82 Å². The number of halogens is 1. The number of nitrogens with one attached hydrogen (secondary N) is 1. The van der Waals surface area contributed by atoms with Crippen LogP contribution in [0.5, 0.6) is 0 Å². The monoisotopic (exact) mass is 582 g/mol. The lowest BCUT2D eigenvalue weighted by molar-refractivity contribution is 0.0827. The van der Waals surface area contributed by atoms with E-state index >= 15 is 4.39 Å². The van der Waals surface area contributed by atoms with Gasteiger partial charge in [-0.3, -0.25) is 14.4 Å². The molecule has 0 saturated heterocycles. The molecule has 1 aromatic carbocycles. The van der Waals surface area contributed by atoms with Crippen LogP contribution >= 0.6 is 0 Å². The maximum atomic E-state index is 15.1. The van der Waals surface area contributed by atoms with Crippen LogP contribution in [0.1, 0.15) is 40.2 Å². The quantitative estimate of drug-likeness (QED) is 0.296. The van der Waals surface area contributed by atoms with Crippen molar-refractivity contribution in [3.05, 3.63) is 98.2 Å². The summed E-state index contributed by atoms with van der Waals surface area (Å²) in [5, 5.41) is 22.3. The number of rotatable bonds is 7. The van der Waals surface area contributed by atoms with Crippen molar-refractivity contribution in [3.63, 3.8) is 0 Å². The van der Waals surface area contributed by atoms with Crippen LogP contribution in [0.4, 0.5) is 15.9 Å². The molecule has 1 aliphatic carbocycles. The number of hydrogen-bond acceptors (Lipinski definition) is 9. The number of anilines is 2. The second-order valence-electron chi connectivity index (χ2n) is 10.6. The SMILES string of the molecule is CN(C)C(=O)c1ccc(Nc2cc(-c3ccnc(-n4ncc5cc(C6CC6)cc(F)c5c4=O)c3CO)nn(C)c2=O)nc1. The Morgan fingerprint density at radius 2 is 1.88 bits per heavy atom. The lowest BCUT2D eigenvalue weighted by Crippen LogP contribution is -2.25. The van der Waals surface area contributed by atoms with Crippen molar-refractivity contribution in [2.24, 2.45) is 7.05 Å². The Bertz CT molecular complexity index is 2020. The van der Waals surface area contributed by atoms with Crippen molar-refractivity contribution >= 4 is 28.2 Å². The molecule has 1 aliphatic rings. The average molecular weight is 583 g/mol. The van der Waals surface area contributed by atoms with E-state index in [1.54, 1.807) is 38.4 Å². The molecule has 2 N–H and O–H groups in total. The number of hydrogen-bond donors (Lipinski definition) is 2. The highest BCUT2D eigenvalue weighted by Gasteiger charge is 2.26. The molecular weight excluding hydrogens is 555 g/mol. The highest BCUT2D eigenvalue weighted by atomic mass is 19.1. The molecule has 0 atom stereocenters. The molecule has 1 saturated carbocycles. The van der Waals surface area contributed by atoms with Gasteiger partial charge in [-0.15, -0.1) is 0 Å². The molecule has 6 rings (SSSR count). The van der Waals surface area contributed by atoms with Gasteiger partial charge in [-0.05, 0) is 60.7 Å². The van der Waals surface area contributed by atoms with Crippen molar-refractivity contribution in [3.8, 4) is 17.1 Å². The Hall–Kier alpha value is -5.30. The summed E-state index contributed by atoms with van der Waals surface area (Å²) < 4.78 is 17.2. The normalized spacial score (nSPS) is 12.9. The summed E-state index contributed by atoms with van der Waals surface area (Å²) in [6.45, 7) is -0.552. The minimum atomic E-state index is -0.713. The van der Waals surface area contributed by atoms with Crippen molar-refractivity contribution < 1.29 is 14.3 Å². The molecule has 4 heterocycles. The summed E-state index contributed by atoms with van der Waals surface area (Å²) in [5.41, 5.74) is 1.06. The van der Waals surface area contributed by atoms with Gasteiger partial charge in [0.1, 0.15) is 17.3 Å². The molecule has 43 heavy (non-hydrogen) atoms. The lowest BCUT2D eigenvalue weighted by atomic mass is 10.0. The predicted octanol–water partition coefficient (Wildman–Crippen LogP) is 2.89. The van der Waals surface area contributed by atoms with Crippen LogP contribution in [0.2, 0.25) is 0 Å². The van der Waals surface area contributed by atoms with E-state index in [1.807, 2.05) is 0 Å². The van der Waals surface area contributed by atoms with Gasteiger partial charge in [0.25, 0.3) is 17.0 Å². The number of carbonyl (C=O) groups excluding carboxylic acids is 1. The molecule has 218 valence electrons. The number of aliphatic hydroxyl groups excluding tert-OH is 1. The first kappa shape index (κ1) is 27.8. The van der Waals surface area contributed by atoms with Gasteiger partial charge in [0.15, 0.2) is 5.82 Å². The summed E-state index contributed by atoms with van der Waals surface area (Å²) >= 11 is 0. The molecule has 1 amide bonds. The Balaban J connectivity index is 1.40. The smallest absolute Gasteiger partial charge is 0.290 e. The van der Waals surface area contributed by atoms with Crippen LogP contribution in [-0.4, -0.2) is 59.5 Å². The van der Waals surface area contributed by atoms with Crippen LogP contribution in [0.25, 0.3) is 27.8 Å². The molecule has 4 aromatic heterocycles. The average Bonchev–Trinajstić information content (AvgIpc) is 3.85. The number of aromatic nitrogens is 6. The molecule has 13 heteroatoms. The predicted molar refractivity (Wildman–Crippen MR) is 157 cm³/mol. The first-order chi connectivity index (χ1) is 20.7. The summed E-state index contributed by atoms with van der Waals surface area (Å²) in [7, 11) is 4.74. The fourth-order valence-corrected chi connectivity index (χ4v) is 4.94. The number of fused-ring (bicyclic) bond motifs is 1. The molecule has 0 bridgehead atoms. The van der Waals surface area contributed by atoms with Crippen LogP contribution in [-0.2, 0) is 13.7 Å². The lowest BCUT2D eigenvalue weighted by Gasteiger charge is -2.15. The number of carbonyl (C=O) groups is 1. The number of amides is 1. The third kappa shape index (κ3) is 5.14. The van der Waals surface area contributed by atoms with Crippen molar-refractivity contribution in [2.45, 2.75) is 25.4 Å². The number of nitrogens with zero attached hydrogens (tertiary/aromatic N) is 7. The molecule has 12 nitrogen and oxygen atoms in total. The zero-order valence-corrected chi connectivity index (χ0v) is 23.6. The van der Waals surface area contributed by atoms with E-state index < -0.39 is 23.5 Å². The number of aliphatic hydroxyl groups is 1. The van der Waals surface area contributed by atoms with Crippen molar-refractivity contribution in [1.82, 2.24) is 34.4 Å². The van der Waals surface area contributed by atoms with E-state index in [2.05, 4.69) is 25.5 Å². The summed E-state index contributed by atoms with van der Waals surface area (Å²) in [6.07, 6.45) is 6.21. The number of aryl methyl sites for hydroxylation is 1. The maximum Gasteiger partial charge on any atom is 0.290 e. The molecule has 1 fully saturated rings. The molecular formula is C30H27FN8O4. The topological polar surface area (TPSA) is 148 Å². The first-order valence-electron chi connectivity index (χ1n) is 13.5. The Kier molecular flexibility index (Phi) is 7.02. The second-order valence-corrected chi connectivity index (χ2v) is 10.6. The number of benzene rings is 1. The van der Waals surface area contributed by atoms with Gasteiger partial charge in [-0.2, -0.15) is 14.9 Å². The fraction of sp³-hybridized carbons (Fsp3) is 0.233. The first-order valence-corrected chi connectivity index (χ1v) is 13.5. The van der Waals surface area contributed by atoms with E-state index in [1.165, 1.54) is 42.7 Å². The van der Waals surface area contributed by atoms with Gasteiger partial charge >= 0.3 is 0 Å². The van der Waals surface area contributed by atoms with Gasteiger partial charge in [0, 0.05) is 50.0 Å². The van der Waals surface area contributed by atoms with Gasteiger partial charge in [-0.25, -0.2) is 19.0 Å². The van der Waals surface area contributed by atoms with E-state index in [0.717, 1.165) is 27.8 Å². The minimum Gasteiger partial charge on any atom is -0.392 e. The van der Waals surface area contributed by atoms with Crippen LogP contribution in [0.15, 0.2) is 64.6 Å². The molecule has 0 aliphatic heterocycles. The summed E-state index contributed by atoms with van der Waals surface area (Å²) in [5.74, 6) is -0.217. The Morgan fingerprint density at radius 3 is 2.56 bits per heavy atom. The molecule has 5 aromatic rings. The van der Waals surface area contributed by atoms with E-state index in [0.29, 0.717) is 28.2 Å². The summed E-state index contributed by atoms with van der Waals surface area (Å²) in [6, 6.07) is 9.42. The van der Waals surface area contributed by atoms with Crippen molar-refractivity contribution in [1.29, 1.82) is 0 Å². The van der Waals surface area contributed by atoms with Gasteiger partial charge in [-0.1, -0.05) is 0 Å². The van der Waals surface area contributed by atoms with Gasteiger partial charge < -0.3 is 15.3 Å². The largest absolute Gasteiger partial charge is 0.392 e. The second kappa shape index (κ2) is 10.8. The van der Waals surface area contributed by atoms with E-state index in [9.17, 15) is 19.5 Å². The highest BCUT2D eigenvalue weighted by Crippen LogP contribution is 2.41. The zero-order chi connectivity index (χ0) is 30.4. The van der Waals surface area contributed by atoms with E-state index in [4.69, 9.17) is 0 Å². The Labute approximate surface area is 244 Å². The van der Waals surface area contributed by atoms with Crippen LogP contribution < -0.4 is 16.4 Å². The van der Waals surface area contributed by atoms with Gasteiger partial charge in [0.2, 0.25) is 0 Å². The summed E-state index contributed by atoms with van der Waals surface area (Å²) in [4.78, 5) is 48.5. The van der Waals surface area contributed by atoms with E-state index in [-0.39, 0.29) is 34.1 Å². The van der Waals surface area contributed by atoms with Gasteiger partial charge in [0.05, 0.1) is 29.4 Å². The third-order valence-electron chi connectivity index (χ3n) is 7.32. The maximum absolute atomic E-state index is 15.1. The third-order valence-corrected chi connectivity index (χ3v) is 7.32. The Morgan fingerprint density at radius 1 is 1.09 bits per heavy atom. The number of pyridine rings is 2. The zero-order valence-electron chi connectivity index (χ0n) is 23.6.